The molecule has 0 bridgehead atoms. The van der Waals surface area contributed by atoms with Crippen LogP contribution in [0.5, 0.6) is 5.75 Å². The van der Waals surface area contributed by atoms with Crippen LogP contribution in [-0.4, -0.2) is 29.3 Å². The van der Waals surface area contributed by atoms with Crippen LogP contribution in [0.1, 0.15) is 12.5 Å². The first-order valence-corrected chi connectivity index (χ1v) is 4.68. The minimum Gasteiger partial charge on any atom is -0.508 e. The highest BCUT2D eigenvalue weighted by Gasteiger charge is 2.18. The average Bonchev–Trinajstić information content (AvgIpc) is 2.15. The first-order valence-electron chi connectivity index (χ1n) is 4.68. The zero-order valence-electron chi connectivity index (χ0n) is 9.06. The summed E-state index contributed by atoms with van der Waals surface area (Å²) >= 11 is 0. The molecule has 1 aromatic rings. The maximum absolute atomic E-state index is 10.8. The summed E-state index contributed by atoms with van der Waals surface area (Å²) in [5.74, 6) is -0.683. The number of aliphatic carboxylic acids is 1. The Hall–Kier alpha value is -1.71. The lowest BCUT2D eigenvalue weighted by molar-refractivity contribution is -0.138. The molecule has 4 heteroatoms. The number of hydrogen-bond donors (Lipinski definition) is 2. The molecule has 0 saturated heterocycles. The van der Waals surface area contributed by atoms with Gasteiger partial charge in [0.05, 0.1) is 0 Å². The molecule has 1 unspecified atom stereocenters. The molecule has 0 heterocycles. The van der Waals surface area contributed by atoms with E-state index < -0.39 is 12.0 Å². The van der Waals surface area contributed by atoms with Crippen LogP contribution in [0.4, 0.5) is 5.69 Å². The summed E-state index contributed by atoms with van der Waals surface area (Å²) in [6.07, 6.45) is 0. The lowest BCUT2D eigenvalue weighted by atomic mass is 10.1. The highest BCUT2D eigenvalue weighted by Crippen LogP contribution is 2.24. The van der Waals surface area contributed by atoms with Crippen molar-refractivity contribution in [1.29, 1.82) is 0 Å². The predicted molar refractivity (Wildman–Crippen MR) is 58.3 cm³/mol. The smallest absolute Gasteiger partial charge is 0.326 e. The number of anilines is 1. The van der Waals surface area contributed by atoms with Gasteiger partial charge in [0, 0.05) is 12.7 Å². The predicted octanol–water partition coefficient (Wildman–Crippen LogP) is 1.61. The highest BCUT2D eigenvalue weighted by atomic mass is 16.4. The van der Waals surface area contributed by atoms with E-state index in [0.717, 1.165) is 11.3 Å². The maximum Gasteiger partial charge on any atom is 0.326 e. The summed E-state index contributed by atoms with van der Waals surface area (Å²) in [7, 11) is 1.72. The number of nitrogens with zero attached hydrogens (tertiary/aromatic N) is 1. The molecule has 1 aromatic carbocycles. The van der Waals surface area contributed by atoms with E-state index in [1.807, 2.05) is 6.92 Å². The fourth-order valence-corrected chi connectivity index (χ4v) is 1.41. The lowest BCUT2D eigenvalue weighted by Crippen LogP contribution is -2.36. The van der Waals surface area contributed by atoms with Crippen molar-refractivity contribution in [2.75, 3.05) is 11.9 Å². The summed E-state index contributed by atoms with van der Waals surface area (Å²) in [5.41, 5.74) is 1.66. The molecule has 0 aliphatic rings. The molecule has 0 spiro atoms. The Balaban J connectivity index is 3.01. The fraction of sp³-hybridized carbons (Fsp3) is 0.364. The van der Waals surface area contributed by atoms with Crippen molar-refractivity contribution in [3.63, 3.8) is 0 Å². The van der Waals surface area contributed by atoms with Crippen LogP contribution in [0, 0.1) is 6.92 Å². The van der Waals surface area contributed by atoms with E-state index in [2.05, 4.69) is 0 Å². The number of hydrogen-bond acceptors (Lipinski definition) is 3. The number of carboxylic acids is 1. The van der Waals surface area contributed by atoms with E-state index >= 15 is 0 Å². The van der Waals surface area contributed by atoms with Crippen molar-refractivity contribution in [1.82, 2.24) is 0 Å². The molecule has 0 aromatic heterocycles. The van der Waals surface area contributed by atoms with Crippen LogP contribution < -0.4 is 4.90 Å². The summed E-state index contributed by atoms with van der Waals surface area (Å²) in [5, 5.41) is 18.1. The molecule has 15 heavy (non-hydrogen) atoms. The standard InChI is InChI=1S/C11H15NO3/c1-7-6-9(13)4-5-10(7)12(3)8(2)11(14)15/h4-6,8,13H,1-3H3,(H,14,15). The van der Waals surface area contributed by atoms with Crippen molar-refractivity contribution in [2.45, 2.75) is 19.9 Å². The number of phenols is 1. The number of likely N-dealkylation sites (N-methyl/N-ethyl adjacent to an activating group) is 1. The minimum absolute atomic E-state index is 0.188. The van der Waals surface area contributed by atoms with Gasteiger partial charge in [0.2, 0.25) is 0 Å². The molecule has 0 fully saturated rings. The van der Waals surface area contributed by atoms with E-state index in [-0.39, 0.29) is 5.75 Å². The zero-order valence-corrected chi connectivity index (χ0v) is 9.06. The third-order valence-electron chi connectivity index (χ3n) is 2.50. The molecule has 2 N–H and O–H groups in total. The molecule has 0 aliphatic heterocycles. The first-order chi connectivity index (χ1) is 6.93. The van der Waals surface area contributed by atoms with E-state index in [1.165, 1.54) is 0 Å². The normalized spacial score (nSPS) is 12.2. The number of aromatic hydroxyl groups is 1. The molecule has 0 radical (unpaired) electrons. The topological polar surface area (TPSA) is 60.8 Å². The van der Waals surface area contributed by atoms with Crippen LogP contribution in [0.25, 0.3) is 0 Å². The second kappa shape index (κ2) is 4.21. The number of phenolic OH excluding ortho intramolecular Hbond substituents is 1. The second-order valence-electron chi connectivity index (χ2n) is 3.60. The number of benzene rings is 1. The Labute approximate surface area is 88.8 Å². The third kappa shape index (κ3) is 2.40. The molecule has 0 saturated carbocycles. The molecule has 4 nitrogen and oxygen atoms in total. The van der Waals surface area contributed by atoms with Gasteiger partial charge >= 0.3 is 5.97 Å². The summed E-state index contributed by atoms with van der Waals surface area (Å²) in [4.78, 5) is 12.5. The molecule has 0 amide bonds. The van der Waals surface area contributed by atoms with Crippen LogP contribution in [-0.2, 0) is 4.79 Å². The van der Waals surface area contributed by atoms with E-state index in [0.29, 0.717) is 0 Å². The van der Waals surface area contributed by atoms with Crippen molar-refractivity contribution < 1.29 is 15.0 Å². The Kier molecular flexibility index (Phi) is 3.19. The van der Waals surface area contributed by atoms with Crippen LogP contribution in [0.2, 0.25) is 0 Å². The molecular formula is C11H15NO3. The minimum atomic E-state index is -0.870. The van der Waals surface area contributed by atoms with E-state index in [4.69, 9.17) is 5.11 Å². The second-order valence-corrected chi connectivity index (χ2v) is 3.60. The van der Waals surface area contributed by atoms with Gasteiger partial charge in [-0.25, -0.2) is 4.79 Å². The van der Waals surface area contributed by atoms with Gasteiger partial charge in [-0.1, -0.05) is 0 Å². The first kappa shape index (κ1) is 11.4. The fourth-order valence-electron chi connectivity index (χ4n) is 1.41. The zero-order chi connectivity index (χ0) is 11.6. The van der Waals surface area contributed by atoms with Gasteiger partial charge in [-0.05, 0) is 37.6 Å². The molecule has 0 aliphatic carbocycles. The lowest BCUT2D eigenvalue weighted by Gasteiger charge is -2.25. The van der Waals surface area contributed by atoms with Gasteiger partial charge in [0.25, 0.3) is 0 Å². The van der Waals surface area contributed by atoms with Crippen LogP contribution in [0.3, 0.4) is 0 Å². The molecule has 1 rings (SSSR count). The quantitative estimate of drug-likeness (QED) is 0.794. The molecule has 1 atom stereocenters. The van der Waals surface area contributed by atoms with Gasteiger partial charge in [-0.15, -0.1) is 0 Å². The maximum atomic E-state index is 10.8. The Bertz CT molecular complexity index is 376. The van der Waals surface area contributed by atoms with E-state index in [1.54, 1.807) is 37.1 Å². The van der Waals surface area contributed by atoms with Crippen molar-refractivity contribution in [3.8, 4) is 5.75 Å². The molecule has 82 valence electrons. The highest BCUT2D eigenvalue weighted by molar-refractivity contribution is 5.78. The van der Waals surface area contributed by atoms with Crippen LogP contribution in [0.15, 0.2) is 18.2 Å². The summed E-state index contributed by atoms with van der Waals surface area (Å²) < 4.78 is 0. The van der Waals surface area contributed by atoms with Gasteiger partial charge in [-0.2, -0.15) is 0 Å². The summed E-state index contributed by atoms with van der Waals surface area (Å²) in [6, 6.07) is 4.28. The number of carboxylic acid groups (broad SMARTS) is 1. The largest absolute Gasteiger partial charge is 0.508 e. The molecular weight excluding hydrogens is 194 g/mol. The average molecular weight is 209 g/mol. The van der Waals surface area contributed by atoms with Crippen molar-refractivity contribution in [2.24, 2.45) is 0 Å². The van der Waals surface area contributed by atoms with Gasteiger partial charge in [0.1, 0.15) is 11.8 Å². The Morgan fingerprint density at radius 2 is 2.07 bits per heavy atom. The monoisotopic (exact) mass is 209 g/mol. The summed E-state index contributed by atoms with van der Waals surface area (Å²) in [6.45, 7) is 3.45. The number of carbonyl (C=O) groups is 1. The van der Waals surface area contributed by atoms with Crippen molar-refractivity contribution in [3.05, 3.63) is 23.8 Å². The number of aryl methyl sites for hydroxylation is 1. The van der Waals surface area contributed by atoms with Crippen molar-refractivity contribution >= 4 is 11.7 Å². The Morgan fingerprint density at radius 3 is 2.53 bits per heavy atom. The third-order valence-corrected chi connectivity index (χ3v) is 2.50. The Morgan fingerprint density at radius 1 is 1.47 bits per heavy atom. The van der Waals surface area contributed by atoms with Gasteiger partial charge in [0.15, 0.2) is 0 Å². The SMILES string of the molecule is Cc1cc(O)ccc1N(C)C(C)C(=O)O. The van der Waals surface area contributed by atoms with Gasteiger partial charge < -0.3 is 15.1 Å². The van der Waals surface area contributed by atoms with E-state index in [9.17, 15) is 9.90 Å². The van der Waals surface area contributed by atoms with Gasteiger partial charge in [-0.3, -0.25) is 0 Å². The van der Waals surface area contributed by atoms with Crippen LogP contribution >= 0.6 is 0 Å². The number of rotatable bonds is 3.